The second-order valence-corrected chi connectivity index (χ2v) is 5.21. The Morgan fingerprint density at radius 1 is 1.00 bits per heavy atom. The van der Waals surface area contributed by atoms with Gasteiger partial charge in [0.15, 0.2) is 0 Å². The smallest absolute Gasteiger partial charge is 0.243 e. The predicted molar refractivity (Wildman–Crippen MR) is 88.6 cm³/mol. The number of nitrogens with one attached hydrogen (secondary N) is 2. The third-order valence-electron chi connectivity index (χ3n) is 3.35. The number of anilines is 2. The Kier molecular flexibility index (Phi) is 5.95. The molecule has 116 valence electrons. The molecule has 1 amide bonds. The Labute approximate surface area is 130 Å². The van der Waals surface area contributed by atoms with Crippen LogP contribution in [0.15, 0.2) is 48.5 Å². The van der Waals surface area contributed by atoms with Gasteiger partial charge in [-0.2, -0.15) is 0 Å². The molecule has 3 nitrogen and oxygen atoms in total. The van der Waals surface area contributed by atoms with E-state index in [0.717, 1.165) is 12.1 Å². The molecule has 0 saturated heterocycles. The van der Waals surface area contributed by atoms with Crippen LogP contribution in [0, 0.1) is 5.82 Å². The van der Waals surface area contributed by atoms with Gasteiger partial charge in [-0.25, -0.2) is 4.39 Å². The van der Waals surface area contributed by atoms with E-state index in [9.17, 15) is 9.18 Å². The van der Waals surface area contributed by atoms with Gasteiger partial charge in [0.05, 0.1) is 6.54 Å². The number of hydrogen-bond donors (Lipinski definition) is 2. The summed E-state index contributed by atoms with van der Waals surface area (Å²) in [6.45, 7) is 2.35. The van der Waals surface area contributed by atoms with E-state index in [1.165, 1.54) is 42.7 Å². The van der Waals surface area contributed by atoms with Crippen LogP contribution in [0.25, 0.3) is 0 Å². The first-order valence-corrected chi connectivity index (χ1v) is 7.55. The minimum absolute atomic E-state index is 0.165. The first-order chi connectivity index (χ1) is 10.7. The molecule has 2 rings (SSSR count). The molecule has 2 aromatic carbocycles. The fourth-order valence-electron chi connectivity index (χ4n) is 2.09. The topological polar surface area (TPSA) is 41.1 Å². The van der Waals surface area contributed by atoms with Gasteiger partial charge in [0.2, 0.25) is 5.91 Å². The van der Waals surface area contributed by atoms with E-state index in [0.29, 0.717) is 5.69 Å². The minimum Gasteiger partial charge on any atom is -0.376 e. The Morgan fingerprint density at radius 3 is 2.27 bits per heavy atom. The van der Waals surface area contributed by atoms with Crippen molar-refractivity contribution in [1.29, 1.82) is 0 Å². The van der Waals surface area contributed by atoms with Crippen LogP contribution in [0.2, 0.25) is 0 Å². The third-order valence-corrected chi connectivity index (χ3v) is 3.35. The highest BCUT2D eigenvalue weighted by Gasteiger charge is 2.02. The number of amides is 1. The van der Waals surface area contributed by atoms with Crippen molar-refractivity contribution in [3.8, 4) is 0 Å². The van der Waals surface area contributed by atoms with E-state index >= 15 is 0 Å². The maximum Gasteiger partial charge on any atom is 0.243 e. The highest BCUT2D eigenvalue weighted by atomic mass is 19.1. The number of benzene rings is 2. The molecule has 2 N–H and O–H groups in total. The van der Waals surface area contributed by atoms with Gasteiger partial charge in [-0.05, 0) is 54.8 Å². The number of carbonyl (C=O) groups is 1. The molecule has 0 saturated carbocycles. The van der Waals surface area contributed by atoms with Crippen molar-refractivity contribution in [1.82, 2.24) is 0 Å². The molecule has 0 aliphatic carbocycles. The van der Waals surface area contributed by atoms with Crippen LogP contribution >= 0.6 is 0 Å². The van der Waals surface area contributed by atoms with Crippen LogP contribution < -0.4 is 10.6 Å². The predicted octanol–water partition coefficient (Wildman–Crippen LogP) is 4.22. The Morgan fingerprint density at radius 2 is 1.64 bits per heavy atom. The number of unbranched alkanes of at least 4 members (excludes halogenated alkanes) is 1. The van der Waals surface area contributed by atoms with Gasteiger partial charge in [0.1, 0.15) is 5.82 Å². The zero-order chi connectivity index (χ0) is 15.8. The highest BCUT2D eigenvalue weighted by Crippen LogP contribution is 2.12. The third kappa shape index (κ3) is 5.20. The summed E-state index contributed by atoms with van der Waals surface area (Å²) in [5, 5.41) is 5.78. The van der Waals surface area contributed by atoms with Crippen molar-refractivity contribution in [2.75, 3.05) is 17.2 Å². The summed E-state index contributed by atoms with van der Waals surface area (Å²) in [4.78, 5) is 11.8. The minimum atomic E-state index is -0.320. The lowest BCUT2D eigenvalue weighted by Crippen LogP contribution is -2.21. The van der Waals surface area contributed by atoms with Crippen LogP contribution in [-0.4, -0.2) is 12.5 Å². The van der Waals surface area contributed by atoms with Crippen LogP contribution in [0.3, 0.4) is 0 Å². The maximum atomic E-state index is 12.8. The van der Waals surface area contributed by atoms with E-state index in [-0.39, 0.29) is 18.3 Å². The second kappa shape index (κ2) is 8.17. The SMILES string of the molecule is CCCCc1ccc(NCC(=O)Nc2ccc(F)cc2)cc1. The van der Waals surface area contributed by atoms with E-state index < -0.39 is 0 Å². The fraction of sp³-hybridized carbons (Fsp3) is 0.278. The number of aryl methyl sites for hydroxylation is 1. The zero-order valence-corrected chi connectivity index (χ0v) is 12.7. The molecule has 0 aromatic heterocycles. The molecule has 0 atom stereocenters. The normalized spacial score (nSPS) is 10.3. The quantitative estimate of drug-likeness (QED) is 0.804. The van der Waals surface area contributed by atoms with Crippen molar-refractivity contribution in [3.63, 3.8) is 0 Å². The number of halogens is 1. The summed E-state index contributed by atoms with van der Waals surface area (Å²) in [5.41, 5.74) is 2.81. The molecule has 4 heteroatoms. The lowest BCUT2D eigenvalue weighted by Gasteiger charge is -2.08. The molecule has 22 heavy (non-hydrogen) atoms. The lowest BCUT2D eigenvalue weighted by molar-refractivity contribution is -0.114. The largest absolute Gasteiger partial charge is 0.376 e. The summed E-state index contributed by atoms with van der Waals surface area (Å²) in [6.07, 6.45) is 3.46. The van der Waals surface area contributed by atoms with Crippen LogP contribution in [-0.2, 0) is 11.2 Å². The van der Waals surface area contributed by atoms with E-state index in [4.69, 9.17) is 0 Å². The first-order valence-electron chi connectivity index (χ1n) is 7.55. The Bertz CT molecular complexity index is 593. The molecule has 2 aromatic rings. The molecule has 0 fully saturated rings. The number of carbonyl (C=O) groups excluding carboxylic acids is 1. The fourth-order valence-corrected chi connectivity index (χ4v) is 2.09. The summed E-state index contributed by atoms with van der Waals surface area (Å²) in [5.74, 6) is -0.485. The van der Waals surface area contributed by atoms with E-state index in [1.807, 2.05) is 12.1 Å². The van der Waals surface area contributed by atoms with Gasteiger partial charge in [-0.1, -0.05) is 25.5 Å². The molecule has 0 spiro atoms. The molecule has 0 aliphatic heterocycles. The van der Waals surface area contributed by atoms with Crippen molar-refractivity contribution < 1.29 is 9.18 Å². The maximum absolute atomic E-state index is 12.8. The van der Waals surface area contributed by atoms with E-state index in [2.05, 4.69) is 29.7 Å². The van der Waals surface area contributed by atoms with Gasteiger partial charge < -0.3 is 10.6 Å². The van der Waals surface area contributed by atoms with Gasteiger partial charge in [-0.3, -0.25) is 4.79 Å². The molecule has 0 heterocycles. The average molecular weight is 300 g/mol. The van der Waals surface area contributed by atoms with Gasteiger partial charge in [0.25, 0.3) is 0 Å². The van der Waals surface area contributed by atoms with Gasteiger partial charge in [-0.15, -0.1) is 0 Å². The summed E-state index contributed by atoms with van der Waals surface area (Å²) < 4.78 is 12.8. The zero-order valence-electron chi connectivity index (χ0n) is 12.7. The molecular weight excluding hydrogens is 279 g/mol. The number of hydrogen-bond acceptors (Lipinski definition) is 2. The highest BCUT2D eigenvalue weighted by molar-refractivity contribution is 5.93. The second-order valence-electron chi connectivity index (χ2n) is 5.21. The Balaban J connectivity index is 1.79. The molecule has 0 unspecified atom stereocenters. The summed E-state index contributed by atoms with van der Waals surface area (Å²) >= 11 is 0. The van der Waals surface area contributed by atoms with Gasteiger partial charge in [0, 0.05) is 11.4 Å². The monoisotopic (exact) mass is 300 g/mol. The number of rotatable bonds is 7. The molecule has 0 aliphatic rings. The van der Waals surface area contributed by atoms with Crippen LogP contribution in [0.4, 0.5) is 15.8 Å². The average Bonchev–Trinajstić information content (AvgIpc) is 2.54. The van der Waals surface area contributed by atoms with Crippen molar-refractivity contribution in [2.24, 2.45) is 0 Å². The molecule has 0 radical (unpaired) electrons. The van der Waals surface area contributed by atoms with Crippen LogP contribution in [0.5, 0.6) is 0 Å². The van der Waals surface area contributed by atoms with Crippen molar-refractivity contribution >= 4 is 17.3 Å². The molecular formula is C18H21FN2O. The van der Waals surface area contributed by atoms with Crippen LogP contribution in [0.1, 0.15) is 25.3 Å². The van der Waals surface area contributed by atoms with Crippen molar-refractivity contribution in [2.45, 2.75) is 26.2 Å². The summed E-state index contributed by atoms with van der Waals surface area (Å²) in [7, 11) is 0. The lowest BCUT2D eigenvalue weighted by atomic mass is 10.1. The Hall–Kier alpha value is -2.36. The van der Waals surface area contributed by atoms with Gasteiger partial charge >= 0.3 is 0 Å². The van der Waals surface area contributed by atoms with Crippen molar-refractivity contribution in [3.05, 3.63) is 59.9 Å². The van der Waals surface area contributed by atoms with E-state index in [1.54, 1.807) is 0 Å². The first kappa shape index (κ1) is 16.0. The standard InChI is InChI=1S/C18H21FN2O/c1-2-3-4-14-5-9-16(10-6-14)20-13-18(22)21-17-11-7-15(19)8-12-17/h5-12,20H,2-4,13H2,1H3,(H,21,22). The summed E-state index contributed by atoms with van der Waals surface area (Å²) in [6, 6.07) is 13.8. The molecule has 0 bridgehead atoms.